The van der Waals surface area contributed by atoms with Gasteiger partial charge in [0.15, 0.2) is 0 Å². The minimum Gasteiger partial charge on any atom is -0.207 e. The first-order valence-corrected chi connectivity index (χ1v) is 6.74. The van der Waals surface area contributed by atoms with Crippen LogP contribution in [0.4, 0.5) is 13.2 Å². The van der Waals surface area contributed by atoms with E-state index in [1.165, 1.54) is 24.3 Å². The molecule has 2 aromatic rings. The van der Waals surface area contributed by atoms with Crippen molar-refractivity contribution in [2.24, 2.45) is 0 Å². The number of hydrogen-bond acceptors (Lipinski definition) is 0. The van der Waals surface area contributed by atoms with Crippen LogP contribution in [-0.4, -0.2) is 0 Å². The molecule has 0 N–H and O–H groups in total. The van der Waals surface area contributed by atoms with Crippen molar-refractivity contribution < 1.29 is 13.2 Å². The summed E-state index contributed by atoms with van der Waals surface area (Å²) in [7, 11) is 0. The summed E-state index contributed by atoms with van der Waals surface area (Å²) in [5.41, 5.74) is 0.819. The van der Waals surface area contributed by atoms with Gasteiger partial charge < -0.3 is 0 Å². The smallest absolute Gasteiger partial charge is 0.137 e. The zero-order valence-electron chi connectivity index (χ0n) is 8.93. The number of halogens is 5. The van der Waals surface area contributed by atoms with E-state index >= 15 is 0 Å². The fraction of sp³-hybridized carbons (Fsp3) is 0.0769. The molecule has 0 aliphatic rings. The largest absolute Gasteiger partial charge is 0.207 e. The highest BCUT2D eigenvalue weighted by Gasteiger charge is 2.17. The molecule has 0 radical (unpaired) electrons. The van der Waals surface area contributed by atoms with Crippen molar-refractivity contribution >= 4 is 31.9 Å². The van der Waals surface area contributed by atoms with Crippen molar-refractivity contribution in [2.75, 3.05) is 0 Å². The fourth-order valence-corrected chi connectivity index (χ4v) is 2.51. The Kier molecular flexibility index (Phi) is 4.12. The Morgan fingerprint density at radius 3 is 2.11 bits per heavy atom. The summed E-state index contributed by atoms with van der Waals surface area (Å²) in [5, 5.41) is 0. The highest BCUT2D eigenvalue weighted by Crippen LogP contribution is 2.34. The van der Waals surface area contributed by atoms with Crippen LogP contribution in [0.15, 0.2) is 40.9 Å². The lowest BCUT2D eigenvalue weighted by Gasteiger charge is -2.12. The van der Waals surface area contributed by atoms with Crippen LogP contribution in [0.5, 0.6) is 0 Å². The molecule has 0 saturated heterocycles. The first-order chi connectivity index (χ1) is 8.49. The Hall–Kier alpha value is -0.810. The molecule has 1 unspecified atom stereocenters. The zero-order valence-corrected chi connectivity index (χ0v) is 12.1. The van der Waals surface area contributed by atoms with Crippen molar-refractivity contribution in [3.8, 4) is 0 Å². The Labute approximate surface area is 119 Å². The van der Waals surface area contributed by atoms with E-state index in [2.05, 4.69) is 31.9 Å². The van der Waals surface area contributed by atoms with Crippen molar-refractivity contribution in [1.82, 2.24) is 0 Å². The Morgan fingerprint density at radius 1 is 0.889 bits per heavy atom. The Balaban J connectivity index is 2.42. The summed E-state index contributed by atoms with van der Waals surface area (Å²) < 4.78 is 40.0. The van der Waals surface area contributed by atoms with Crippen molar-refractivity contribution in [2.45, 2.75) is 4.83 Å². The summed E-state index contributed by atoms with van der Waals surface area (Å²) >= 11 is 6.20. The van der Waals surface area contributed by atoms with E-state index in [-0.39, 0.29) is 15.9 Å². The Morgan fingerprint density at radius 2 is 1.50 bits per heavy atom. The molecule has 0 aromatic heterocycles. The number of benzene rings is 2. The molecule has 0 heterocycles. The van der Waals surface area contributed by atoms with Gasteiger partial charge in [-0.25, -0.2) is 13.2 Å². The van der Waals surface area contributed by atoms with Gasteiger partial charge in [-0.15, -0.1) is 0 Å². The summed E-state index contributed by atoms with van der Waals surface area (Å²) in [5.74, 6) is -1.45. The van der Waals surface area contributed by atoms with Crippen LogP contribution in [0, 0.1) is 17.5 Å². The third-order valence-electron chi connectivity index (χ3n) is 2.48. The molecule has 0 spiro atoms. The Bertz CT molecular complexity index is 567. The van der Waals surface area contributed by atoms with Crippen LogP contribution in [-0.2, 0) is 0 Å². The minimum atomic E-state index is -0.544. The second-order valence-corrected chi connectivity index (χ2v) is 5.47. The molecule has 0 amide bonds. The van der Waals surface area contributed by atoms with Crippen LogP contribution in [0.3, 0.4) is 0 Å². The molecule has 0 fully saturated rings. The second-order valence-electron chi connectivity index (χ2n) is 3.70. The van der Waals surface area contributed by atoms with Gasteiger partial charge in [0.1, 0.15) is 17.5 Å². The molecule has 94 valence electrons. The van der Waals surface area contributed by atoms with E-state index in [1.54, 1.807) is 0 Å². The highest BCUT2D eigenvalue weighted by molar-refractivity contribution is 9.10. The fourth-order valence-electron chi connectivity index (χ4n) is 1.54. The van der Waals surface area contributed by atoms with Crippen LogP contribution in [0.2, 0.25) is 0 Å². The van der Waals surface area contributed by atoms with E-state index < -0.39 is 16.5 Å². The van der Waals surface area contributed by atoms with Gasteiger partial charge in [-0.1, -0.05) is 28.1 Å². The molecule has 2 aromatic carbocycles. The lowest BCUT2D eigenvalue weighted by molar-refractivity contribution is 0.583. The highest BCUT2D eigenvalue weighted by atomic mass is 79.9. The molecule has 0 aliphatic carbocycles. The van der Waals surface area contributed by atoms with Crippen LogP contribution in [0.25, 0.3) is 0 Å². The maximum absolute atomic E-state index is 13.7. The standard InChI is InChI=1S/C13H7Br2F3/c14-10-6-11(17)9(5-12(10)18)13(15)7-1-3-8(16)4-2-7/h1-6,13H. The lowest BCUT2D eigenvalue weighted by atomic mass is 10.0. The first kappa shape index (κ1) is 13.6. The summed E-state index contributed by atoms with van der Waals surface area (Å²) in [6, 6.07) is 7.78. The molecule has 0 nitrogen and oxygen atoms in total. The van der Waals surface area contributed by atoms with Gasteiger partial charge in [0.25, 0.3) is 0 Å². The average molecular weight is 380 g/mol. The van der Waals surface area contributed by atoms with Crippen LogP contribution < -0.4 is 0 Å². The first-order valence-electron chi connectivity index (χ1n) is 5.03. The van der Waals surface area contributed by atoms with E-state index in [0.717, 1.165) is 12.1 Å². The van der Waals surface area contributed by atoms with Gasteiger partial charge in [0, 0.05) is 5.56 Å². The van der Waals surface area contributed by atoms with E-state index in [1.807, 2.05) is 0 Å². The number of rotatable bonds is 2. The monoisotopic (exact) mass is 378 g/mol. The second kappa shape index (κ2) is 5.45. The predicted octanol–water partition coefficient (Wildman–Crippen LogP) is 5.35. The van der Waals surface area contributed by atoms with E-state index in [4.69, 9.17) is 0 Å². The van der Waals surface area contributed by atoms with E-state index in [0.29, 0.717) is 5.56 Å². The minimum absolute atomic E-state index is 0.0718. The van der Waals surface area contributed by atoms with Gasteiger partial charge in [0.05, 0.1) is 9.30 Å². The topological polar surface area (TPSA) is 0 Å². The predicted molar refractivity (Wildman–Crippen MR) is 71.2 cm³/mol. The molecule has 5 heteroatoms. The number of hydrogen-bond donors (Lipinski definition) is 0. The maximum Gasteiger partial charge on any atom is 0.137 e. The van der Waals surface area contributed by atoms with Crippen LogP contribution >= 0.6 is 31.9 Å². The molecule has 0 bridgehead atoms. The molecule has 0 aliphatic heterocycles. The molecular formula is C13H7Br2F3. The molecule has 18 heavy (non-hydrogen) atoms. The zero-order chi connectivity index (χ0) is 13.3. The normalized spacial score (nSPS) is 12.5. The van der Waals surface area contributed by atoms with Gasteiger partial charge in [-0.2, -0.15) is 0 Å². The third kappa shape index (κ3) is 2.78. The molecule has 2 rings (SSSR count). The average Bonchev–Trinajstić information content (AvgIpc) is 2.34. The summed E-state index contributed by atoms with van der Waals surface area (Å²) in [6.07, 6.45) is 0. The van der Waals surface area contributed by atoms with Gasteiger partial charge in [0.2, 0.25) is 0 Å². The molecular weight excluding hydrogens is 373 g/mol. The van der Waals surface area contributed by atoms with Gasteiger partial charge >= 0.3 is 0 Å². The lowest BCUT2D eigenvalue weighted by Crippen LogP contribution is -1.98. The summed E-state index contributed by atoms with van der Waals surface area (Å²) in [6.45, 7) is 0. The quantitative estimate of drug-likeness (QED) is 0.487. The van der Waals surface area contributed by atoms with Gasteiger partial charge in [-0.3, -0.25) is 0 Å². The molecule has 0 saturated carbocycles. The third-order valence-corrected chi connectivity index (χ3v) is 4.10. The maximum atomic E-state index is 13.7. The SMILES string of the molecule is Fc1ccc(C(Br)c2cc(F)c(Br)cc2F)cc1. The molecule has 1 atom stereocenters. The van der Waals surface area contributed by atoms with Gasteiger partial charge in [-0.05, 0) is 45.8 Å². The van der Waals surface area contributed by atoms with Crippen molar-refractivity contribution in [1.29, 1.82) is 0 Å². The van der Waals surface area contributed by atoms with Crippen LogP contribution in [0.1, 0.15) is 16.0 Å². The van der Waals surface area contributed by atoms with Crippen molar-refractivity contribution in [3.63, 3.8) is 0 Å². The summed E-state index contributed by atoms with van der Waals surface area (Å²) in [4.78, 5) is -0.527. The van der Waals surface area contributed by atoms with E-state index in [9.17, 15) is 13.2 Å². The number of alkyl halides is 1. The van der Waals surface area contributed by atoms with Crippen molar-refractivity contribution in [3.05, 3.63) is 69.4 Å².